The lowest BCUT2D eigenvalue weighted by Gasteiger charge is -2.29. The van der Waals surface area contributed by atoms with Crippen molar-refractivity contribution in [3.8, 4) is 5.75 Å². The predicted molar refractivity (Wildman–Crippen MR) is 115 cm³/mol. The van der Waals surface area contributed by atoms with Gasteiger partial charge >= 0.3 is 6.09 Å². The summed E-state index contributed by atoms with van der Waals surface area (Å²) in [6, 6.07) is 4.42. The maximum Gasteiger partial charge on any atom is 0.404 e. The molecule has 1 atom stereocenters. The number of amides is 5. The minimum absolute atomic E-state index is 0.182. The van der Waals surface area contributed by atoms with Gasteiger partial charge in [-0.15, -0.1) is 0 Å². The molecule has 3 rings (SSSR count). The Balaban J connectivity index is 1.44. The number of hydrogen-bond acceptors (Lipinski definition) is 7. The average Bonchev–Trinajstić information content (AvgIpc) is 3.10. The number of carbonyl (C=O) groups is 5. The van der Waals surface area contributed by atoms with Crippen molar-refractivity contribution in [3.63, 3.8) is 0 Å². The summed E-state index contributed by atoms with van der Waals surface area (Å²) >= 11 is 0. The Morgan fingerprint density at radius 2 is 1.94 bits per heavy atom. The number of primary amides is 1. The van der Waals surface area contributed by atoms with E-state index in [0.717, 1.165) is 19.3 Å². The summed E-state index contributed by atoms with van der Waals surface area (Å²) in [7, 11) is 0. The number of nitrogens with two attached hydrogens (primary N) is 1. The summed E-state index contributed by atoms with van der Waals surface area (Å²) in [6.07, 6.45) is 2.87. The van der Waals surface area contributed by atoms with Gasteiger partial charge in [-0.3, -0.25) is 24.5 Å². The standard InChI is InChI=1S/C22H28N4O7/c23-22(31)32-11-4-2-1-3-10-24-18(28)13-33-16-7-5-6-14-12-26(21(30)19(14)16)15-8-9-17(27)25-20(15)29/h5-7,15H,1-4,8-13H2,(H2,23,31)(H,24,28)(H,25,27,29). The Hall–Kier alpha value is -3.63. The first-order valence-electron chi connectivity index (χ1n) is 10.9. The molecule has 11 nitrogen and oxygen atoms in total. The summed E-state index contributed by atoms with van der Waals surface area (Å²) in [5.41, 5.74) is 5.93. The maximum atomic E-state index is 13.0. The average molecular weight is 460 g/mol. The van der Waals surface area contributed by atoms with Crippen molar-refractivity contribution in [3.05, 3.63) is 29.3 Å². The highest BCUT2D eigenvalue weighted by Crippen LogP contribution is 2.33. The van der Waals surface area contributed by atoms with E-state index in [1.165, 1.54) is 4.90 Å². The van der Waals surface area contributed by atoms with Crippen LogP contribution in [0.5, 0.6) is 5.75 Å². The lowest BCUT2D eigenvalue weighted by molar-refractivity contribution is -0.137. The minimum Gasteiger partial charge on any atom is -0.483 e. The molecule has 0 saturated carbocycles. The molecule has 1 aromatic carbocycles. The number of imide groups is 1. The molecule has 0 bridgehead atoms. The van der Waals surface area contributed by atoms with Crippen LogP contribution < -0.4 is 21.1 Å². The third kappa shape index (κ3) is 6.43. The van der Waals surface area contributed by atoms with Crippen molar-refractivity contribution in [2.75, 3.05) is 19.8 Å². The van der Waals surface area contributed by atoms with Crippen molar-refractivity contribution in [2.24, 2.45) is 5.73 Å². The zero-order valence-electron chi connectivity index (χ0n) is 18.3. The number of rotatable bonds is 11. The monoisotopic (exact) mass is 460 g/mol. The fourth-order valence-electron chi connectivity index (χ4n) is 3.88. The largest absolute Gasteiger partial charge is 0.483 e. The molecule has 178 valence electrons. The van der Waals surface area contributed by atoms with Gasteiger partial charge in [0.1, 0.15) is 11.8 Å². The normalized spacial score (nSPS) is 17.4. The third-order valence-electron chi connectivity index (χ3n) is 5.51. The molecule has 2 aliphatic heterocycles. The molecule has 1 saturated heterocycles. The molecule has 2 heterocycles. The first kappa shape index (κ1) is 24.0. The van der Waals surface area contributed by atoms with Crippen molar-refractivity contribution in [1.82, 2.24) is 15.5 Å². The van der Waals surface area contributed by atoms with E-state index < -0.39 is 18.0 Å². The Bertz CT molecular complexity index is 933. The van der Waals surface area contributed by atoms with E-state index in [1.807, 2.05) is 0 Å². The number of unbranched alkanes of at least 4 members (excludes halogenated alkanes) is 3. The van der Waals surface area contributed by atoms with E-state index in [0.29, 0.717) is 24.1 Å². The molecular formula is C22H28N4O7. The van der Waals surface area contributed by atoms with E-state index >= 15 is 0 Å². The first-order chi connectivity index (χ1) is 15.9. The van der Waals surface area contributed by atoms with Crippen LogP contribution in [0, 0.1) is 0 Å². The summed E-state index contributed by atoms with van der Waals surface area (Å²) in [4.78, 5) is 60.6. The topological polar surface area (TPSA) is 157 Å². The van der Waals surface area contributed by atoms with Crippen molar-refractivity contribution in [2.45, 2.75) is 51.1 Å². The van der Waals surface area contributed by atoms with Gasteiger partial charge in [0, 0.05) is 19.5 Å². The molecule has 11 heteroatoms. The molecule has 1 fully saturated rings. The third-order valence-corrected chi connectivity index (χ3v) is 5.51. The van der Waals surface area contributed by atoms with Gasteiger partial charge in [0.25, 0.3) is 11.8 Å². The minimum atomic E-state index is -0.781. The van der Waals surface area contributed by atoms with Crippen molar-refractivity contribution in [1.29, 1.82) is 0 Å². The maximum absolute atomic E-state index is 13.0. The van der Waals surface area contributed by atoms with Crippen LogP contribution in [0.4, 0.5) is 4.79 Å². The quantitative estimate of drug-likeness (QED) is 0.322. The summed E-state index contributed by atoms with van der Waals surface area (Å²) < 4.78 is 10.3. The lowest BCUT2D eigenvalue weighted by atomic mass is 10.0. The van der Waals surface area contributed by atoms with Gasteiger partial charge in [0.05, 0.1) is 12.2 Å². The highest BCUT2D eigenvalue weighted by molar-refractivity contribution is 6.06. The zero-order valence-corrected chi connectivity index (χ0v) is 18.3. The van der Waals surface area contributed by atoms with Crippen molar-refractivity contribution >= 4 is 29.7 Å². The number of nitrogens with zero attached hydrogens (tertiary/aromatic N) is 1. The summed E-state index contributed by atoms with van der Waals surface area (Å²) in [5, 5.41) is 5.03. The van der Waals surface area contributed by atoms with Crippen LogP contribution in [0.2, 0.25) is 0 Å². The number of ether oxygens (including phenoxy) is 2. The van der Waals surface area contributed by atoms with Crippen LogP contribution in [-0.2, 0) is 25.7 Å². The van der Waals surface area contributed by atoms with Crippen LogP contribution in [0.25, 0.3) is 0 Å². The fourth-order valence-corrected chi connectivity index (χ4v) is 3.88. The van der Waals surface area contributed by atoms with Gasteiger partial charge in [-0.2, -0.15) is 0 Å². The summed E-state index contributed by atoms with van der Waals surface area (Å²) in [5.74, 6) is -1.19. The molecule has 1 unspecified atom stereocenters. The smallest absolute Gasteiger partial charge is 0.404 e. The summed E-state index contributed by atoms with van der Waals surface area (Å²) in [6.45, 7) is 0.771. The van der Waals surface area contributed by atoms with Crippen LogP contribution in [-0.4, -0.2) is 60.4 Å². The van der Waals surface area contributed by atoms with Gasteiger partial charge in [0.2, 0.25) is 11.8 Å². The Kier molecular flexibility index (Phi) is 8.22. The Morgan fingerprint density at radius 1 is 1.15 bits per heavy atom. The zero-order chi connectivity index (χ0) is 23.8. The van der Waals surface area contributed by atoms with E-state index in [-0.39, 0.29) is 56.1 Å². The molecule has 5 amide bonds. The van der Waals surface area contributed by atoms with Crippen LogP contribution in [0.1, 0.15) is 54.4 Å². The molecule has 0 aromatic heterocycles. The number of fused-ring (bicyclic) bond motifs is 1. The number of piperidine rings is 1. The molecule has 0 radical (unpaired) electrons. The van der Waals surface area contributed by atoms with Gasteiger partial charge in [-0.1, -0.05) is 18.6 Å². The number of benzene rings is 1. The van der Waals surface area contributed by atoms with Gasteiger partial charge in [-0.05, 0) is 37.3 Å². The van der Waals surface area contributed by atoms with Gasteiger partial charge in [-0.25, -0.2) is 4.79 Å². The van der Waals surface area contributed by atoms with E-state index in [9.17, 15) is 24.0 Å². The number of carbonyl (C=O) groups excluding carboxylic acids is 5. The second-order valence-corrected chi connectivity index (χ2v) is 7.91. The van der Waals surface area contributed by atoms with E-state index in [1.54, 1.807) is 18.2 Å². The molecule has 1 aromatic rings. The van der Waals surface area contributed by atoms with Crippen LogP contribution >= 0.6 is 0 Å². The van der Waals surface area contributed by atoms with Crippen molar-refractivity contribution < 1.29 is 33.4 Å². The number of hydrogen-bond donors (Lipinski definition) is 3. The Labute approximate surface area is 190 Å². The Morgan fingerprint density at radius 3 is 2.70 bits per heavy atom. The molecular weight excluding hydrogens is 432 g/mol. The van der Waals surface area contributed by atoms with Gasteiger partial charge in [0.15, 0.2) is 6.61 Å². The van der Waals surface area contributed by atoms with Gasteiger partial charge < -0.3 is 25.4 Å². The molecule has 0 spiro atoms. The second-order valence-electron chi connectivity index (χ2n) is 7.91. The molecule has 33 heavy (non-hydrogen) atoms. The van der Waals surface area contributed by atoms with E-state index in [2.05, 4.69) is 15.4 Å². The van der Waals surface area contributed by atoms with E-state index in [4.69, 9.17) is 10.5 Å². The molecule has 0 aliphatic carbocycles. The van der Waals surface area contributed by atoms with Crippen LogP contribution in [0.15, 0.2) is 18.2 Å². The SMILES string of the molecule is NC(=O)OCCCCCCNC(=O)COc1cccc2c1C(=O)N(C1CCC(=O)NC1=O)C2. The first-order valence-corrected chi connectivity index (χ1v) is 10.9. The molecule has 4 N–H and O–H groups in total. The highest BCUT2D eigenvalue weighted by Gasteiger charge is 2.40. The second kappa shape index (κ2) is 11.3. The fraction of sp³-hybridized carbons (Fsp3) is 0.500. The van der Waals surface area contributed by atoms with Crippen LogP contribution in [0.3, 0.4) is 0 Å². The number of nitrogens with one attached hydrogen (secondary N) is 2. The highest BCUT2D eigenvalue weighted by atomic mass is 16.5. The predicted octanol–water partition coefficient (Wildman–Crippen LogP) is 0.598. The molecule has 2 aliphatic rings. The lowest BCUT2D eigenvalue weighted by Crippen LogP contribution is -2.52.